The van der Waals surface area contributed by atoms with Crippen LogP contribution in [0.1, 0.15) is 18.4 Å². The molecule has 0 radical (unpaired) electrons. The van der Waals surface area contributed by atoms with Crippen LogP contribution in [0, 0.1) is 5.41 Å². The molecule has 0 unspecified atom stereocenters. The minimum Gasteiger partial charge on any atom is -0.460 e. The third-order valence-electron chi connectivity index (χ3n) is 4.33. The van der Waals surface area contributed by atoms with Crippen molar-refractivity contribution < 1.29 is 14.3 Å². The van der Waals surface area contributed by atoms with Crippen LogP contribution in [-0.4, -0.2) is 43.7 Å². The maximum absolute atomic E-state index is 11.8. The van der Waals surface area contributed by atoms with E-state index in [-0.39, 0.29) is 5.97 Å². The summed E-state index contributed by atoms with van der Waals surface area (Å²) in [4.78, 5) is 14.0. The summed E-state index contributed by atoms with van der Waals surface area (Å²) in [5.41, 5.74) is 1.45. The molecule has 2 aliphatic heterocycles. The van der Waals surface area contributed by atoms with E-state index < -0.39 is 0 Å². The van der Waals surface area contributed by atoms with Crippen molar-refractivity contribution in [2.45, 2.75) is 19.4 Å². The molecule has 2 heterocycles. The topological polar surface area (TPSA) is 38.8 Å². The number of carbonyl (C=O) groups is 1. The second-order valence-electron chi connectivity index (χ2n) is 5.92. The average molecular weight is 275 g/mol. The predicted octanol–water partition coefficient (Wildman–Crippen LogP) is 1.84. The summed E-state index contributed by atoms with van der Waals surface area (Å²) in [7, 11) is 0. The van der Waals surface area contributed by atoms with Gasteiger partial charge in [0, 0.05) is 5.41 Å². The number of likely N-dealkylation sites (tertiary alicyclic amines) is 1. The molecule has 0 saturated carbocycles. The van der Waals surface area contributed by atoms with E-state index in [0.29, 0.717) is 18.6 Å². The van der Waals surface area contributed by atoms with Crippen molar-refractivity contribution in [1.29, 1.82) is 0 Å². The molecule has 1 aromatic rings. The first kappa shape index (κ1) is 13.6. The van der Waals surface area contributed by atoms with Gasteiger partial charge in [-0.05, 0) is 31.5 Å². The standard InChI is InChI=1S/C16H21NO3/c18-15(20-11-14-4-2-1-3-5-14)10-17-8-6-16(7-9-17)12-19-13-16/h1-5H,6-13H2. The number of piperidine rings is 1. The van der Waals surface area contributed by atoms with Crippen LogP contribution in [-0.2, 0) is 20.9 Å². The first-order valence-corrected chi connectivity index (χ1v) is 7.25. The zero-order chi connectivity index (χ0) is 13.8. The highest BCUT2D eigenvalue weighted by molar-refractivity contribution is 5.71. The van der Waals surface area contributed by atoms with E-state index in [1.807, 2.05) is 30.3 Å². The number of esters is 1. The number of nitrogens with zero attached hydrogens (tertiary/aromatic N) is 1. The van der Waals surface area contributed by atoms with Gasteiger partial charge in [0.25, 0.3) is 0 Å². The van der Waals surface area contributed by atoms with E-state index in [1.54, 1.807) is 0 Å². The first-order chi connectivity index (χ1) is 9.76. The monoisotopic (exact) mass is 275 g/mol. The van der Waals surface area contributed by atoms with Crippen LogP contribution in [0.25, 0.3) is 0 Å². The maximum Gasteiger partial charge on any atom is 0.320 e. The lowest BCUT2D eigenvalue weighted by atomic mass is 9.77. The summed E-state index contributed by atoms with van der Waals surface area (Å²) in [5, 5.41) is 0. The minimum atomic E-state index is -0.130. The lowest BCUT2D eigenvalue weighted by Crippen LogP contribution is -2.51. The molecule has 3 rings (SSSR count). The van der Waals surface area contributed by atoms with Gasteiger partial charge in [0.15, 0.2) is 0 Å². The fraction of sp³-hybridized carbons (Fsp3) is 0.562. The lowest BCUT2D eigenvalue weighted by molar-refractivity contribution is -0.153. The zero-order valence-electron chi connectivity index (χ0n) is 11.7. The van der Waals surface area contributed by atoms with Crippen LogP contribution in [0.5, 0.6) is 0 Å². The number of ether oxygens (including phenoxy) is 2. The molecular weight excluding hydrogens is 254 g/mol. The number of benzene rings is 1. The van der Waals surface area contributed by atoms with E-state index in [9.17, 15) is 4.79 Å². The van der Waals surface area contributed by atoms with Crippen molar-refractivity contribution in [1.82, 2.24) is 4.90 Å². The number of rotatable bonds is 4. The summed E-state index contributed by atoms with van der Waals surface area (Å²) in [6.45, 7) is 4.53. The van der Waals surface area contributed by atoms with Crippen molar-refractivity contribution >= 4 is 5.97 Å². The highest BCUT2D eigenvalue weighted by atomic mass is 16.5. The van der Waals surface area contributed by atoms with Gasteiger partial charge >= 0.3 is 5.97 Å². The highest BCUT2D eigenvalue weighted by Gasteiger charge is 2.41. The van der Waals surface area contributed by atoms with Crippen LogP contribution in [0.4, 0.5) is 0 Å². The van der Waals surface area contributed by atoms with Gasteiger partial charge in [-0.25, -0.2) is 0 Å². The molecule has 0 aromatic heterocycles. The summed E-state index contributed by atoms with van der Waals surface area (Å²) >= 11 is 0. The molecule has 108 valence electrons. The average Bonchev–Trinajstić information content (AvgIpc) is 2.45. The SMILES string of the molecule is O=C(CN1CCC2(CC1)COC2)OCc1ccccc1. The van der Waals surface area contributed by atoms with Crippen molar-refractivity contribution in [3.8, 4) is 0 Å². The third kappa shape index (κ3) is 3.19. The highest BCUT2D eigenvalue weighted by Crippen LogP contribution is 2.38. The second kappa shape index (κ2) is 5.94. The molecule has 0 aliphatic carbocycles. The molecule has 2 saturated heterocycles. The second-order valence-corrected chi connectivity index (χ2v) is 5.92. The Kier molecular flexibility index (Phi) is 4.03. The van der Waals surface area contributed by atoms with Gasteiger partial charge in [0.05, 0.1) is 19.8 Å². The summed E-state index contributed by atoms with van der Waals surface area (Å²) in [6.07, 6.45) is 2.28. The van der Waals surface area contributed by atoms with Gasteiger partial charge in [-0.15, -0.1) is 0 Å². The van der Waals surface area contributed by atoms with Gasteiger partial charge in [-0.3, -0.25) is 9.69 Å². The van der Waals surface area contributed by atoms with E-state index >= 15 is 0 Å². The number of hydrogen-bond acceptors (Lipinski definition) is 4. The third-order valence-corrected chi connectivity index (χ3v) is 4.33. The Morgan fingerprint density at radius 3 is 2.50 bits per heavy atom. The normalized spacial score (nSPS) is 21.4. The van der Waals surface area contributed by atoms with E-state index in [2.05, 4.69) is 4.90 Å². The Morgan fingerprint density at radius 2 is 1.90 bits per heavy atom. The molecule has 2 aliphatic rings. The largest absolute Gasteiger partial charge is 0.460 e. The minimum absolute atomic E-state index is 0.130. The van der Waals surface area contributed by atoms with Gasteiger partial charge < -0.3 is 9.47 Å². The zero-order valence-corrected chi connectivity index (χ0v) is 11.7. The van der Waals surface area contributed by atoms with Crippen LogP contribution in [0.2, 0.25) is 0 Å². The summed E-state index contributed by atoms with van der Waals surface area (Å²) in [6, 6.07) is 9.80. The molecule has 1 spiro atoms. The number of hydrogen-bond donors (Lipinski definition) is 0. The molecule has 4 nitrogen and oxygen atoms in total. The molecule has 0 amide bonds. The smallest absolute Gasteiger partial charge is 0.320 e. The Morgan fingerprint density at radius 1 is 1.20 bits per heavy atom. The van der Waals surface area contributed by atoms with Gasteiger partial charge in [0.1, 0.15) is 6.61 Å². The van der Waals surface area contributed by atoms with Crippen molar-refractivity contribution in [2.24, 2.45) is 5.41 Å². The van der Waals surface area contributed by atoms with Crippen molar-refractivity contribution in [3.05, 3.63) is 35.9 Å². The maximum atomic E-state index is 11.8. The van der Waals surface area contributed by atoms with Gasteiger partial charge in [0.2, 0.25) is 0 Å². The molecule has 2 fully saturated rings. The molecular formula is C16H21NO3. The van der Waals surface area contributed by atoms with Crippen LogP contribution in [0.15, 0.2) is 30.3 Å². The Hall–Kier alpha value is -1.39. The quantitative estimate of drug-likeness (QED) is 0.786. The predicted molar refractivity (Wildman–Crippen MR) is 75.2 cm³/mol. The van der Waals surface area contributed by atoms with Gasteiger partial charge in [-0.2, -0.15) is 0 Å². The Bertz CT molecular complexity index is 446. The van der Waals surface area contributed by atoms with Gasteiger partial charge in [-0.1, -0.05) is 30.3 Å². The molecule has 0 N–H and O–H groups in total. The fourth-order valence-electron chi connectivity index (χ4n) is 2.83. The molecule has 1 aromatic carbocycles. The molecule has 0 atom stereocenters. The fourth-order valence-corrected chi connectivity index (χ4v) is 2.83. The molecule has 20 heavy (non-hydrogen) atoms. The van der Waals surface area contributed by atoms with Crippen LogP contribution < -0.4 is 0 Å². The van der Waals surface area contributed by atoms with E-state index in [4.69, 9.17) is 9.47 Å². The number of carbonyl (C=O) groups excluding carboxylic acids is 1. The van der Waals surface area contributed by atoms with E-state index in [0.717, 1.165) is 44.7 Å². The molecule has 4 heteroatoms. The molecule has 0 bridgehead atoms. The van der Waals surface area contributed by atoms with Crippen LogP contribution in [0.3, 0.4) is 0 Å². The lowest BCUT2D eigenvalue weighted by Gasteiger charge is -2.47. The van der Waals surface area contributed by atoms with Crippen LogP contribution >= 0.6 is 0 Å². The summed E-state index contributed by atoms with van der Waals surface area (Å²) in [5.74, 6) is -0.130. The first-order valence-electron chi connectivity index (χ1n) is 7.25. The Labute approximate surface area is 119 Å². The Balaban J connectivity index is 1.39. The summed E-state index contributed by atoms with van der Waals surface area (Å²) < 4.78 is 10.6. The van der Waals surface area contributed by atoms with Crippen molar-refractivity contribution in [3.63, 3.8) is 0 Å². The van der Waals surface area contributed by atoms with Crippen molar-refractivity contribution in [2.75, 3.05) is 32.8 Å². The van der Waals surface area contributed by atoms with E-state index in [1.165, 1.54) is 0 Å².